The molecular weight excluding hydrogens is 390 g/mol. The highest BCUT2D eigenvalue weighted by Crippen LogP contribution is 2.34. The van der Waals surface area contributed by atoms with Crippen molar-refractivity contribution in [3.63, 3.8) is 0 Å². The van der Waals surface area contributed by atoms with Crippen molar-refractivity contribution >= 4 is 51.0 Å². The van der Waals surface area contributed by atoms with Gasteiger partial charge >= 0.3 is 5.97 Å². The second-order valence-electron chi connectivity index (χ2n) is 5.41. The molecule has 10 heteroatoms. The number of thiocarbonyl (C=S) groups is 1. The molecule has 0 unspecified atom stereocenters. The van der Waals surface area contributed by atoms with E-state index in [1.165, 1.54) is 37.7 Å². The molecule has 0 spiro atoms. The molecule has 0 fully saturated rings. The number of rotatable bonds is 6. The molecule has 8 nitrogen and oxygen atoms in total. The standard InChI is InChI=1S/C17H19N3O5S2/c1-5-11-9(2)27-15(14(11)16(21)25-4)19-17(26)18-12-7-6-10(24-3)8-13(12)20(22)23/h6-8H,5H2,1-4H3,(H2,18,19,26). The average molecular weight is 409 g/mol. The van der Waals surface area contributed by atoms with E-state index in [0.717, 1.165) is 10.4 Å². The number of ether oxygens (including phenoxy) is 2. The summed E-state index contributed by atoms with van der Waals surface area (Å²) in [5.41, 5.74) is 1.34. The van der Waals surface area contributed by atoms with Crippen LogP contribution in [0.1, 0.15) is 27.7 Å². The zero-order valence-corrected chi connectivity index (χ0v) is 16.9. The number of nitro benzene ring substituents is 1. The summed E-state index contributed by atoms with van der Waals surface area (Å²) in [6.45, 7) is 3.86. The predicted molar refractivity (Wildman–Crippen MR) is 109 cm³/mol. The van der Waals surface area contributed by atoms with Gasteiger partial charge in [-0.3, -0.25) is 10.1 Å². The van der Waals surface area contributed by atoms with Crippen LogP contribution in [0, 0.1) is 17.0 Å². The molecule has 0 saturated heterocycles. The van der Waals surface area contributed by atoms with Gasteiger partial charge in [-0.05, 0) is 43.3 Å². The van der Waals surface area contributed by atoms with Crippen LogP contribution in [0.2, 0.25) is 0 Å². The highest BCUT2D eigenvalue weighted by atomic mass is 32.1. The van der Waals surface area contributed by atoms with Gasteiger partial charge in [-0.1, -0.05) is 6.92 Å². The van der Waals surface area contributed by atoms with Crippen LogP contribution in [-0.2, 0) is 11.2 Å². The Balaban J connectivity index is 2.29. The Morgan fingerprint density at radius 1 is 1.33 bits per heavy atom. The summed E-state index contributed by atoms with van der Waals surface area (Å²) in [4.78, 5) is 23.9. The number of methoxy groups -OCH3 is 2. The van der Waals surface area contributed by atoms with Crippen molar-refractivity contribution in [1.82, 2.24) is 0 Å². The topological polar surface area (TPSA) is 103 Å². The number of anilines is 2. The average Bonchev–Trinajstić information content (AvgIpc) is 2.95. The van der Waals surface area contributed by atoms with Crippen LogP contribution >= 0.6 is 23.6 Å². The van der Waals surface area contributed by atoms with E-state index in [9.17, 15) is 14.9 Å². The third kappa shape index (κ3) is 4.52. The highest BCUT2D eigenvalue weighted by molar-refractivity contribution is 7.80. The fourth-order valence-corrected chi connectivity index (χ4v) is 3.98. The first-order chi connectivity index (χ1) is 12.8. The van der Waals surface area contributed by atoms with Gasteiger partial charge in [0.05, 0.1) is 30.8 Å². The number of aryl methyl sites for hydroxylation is 1. The molecule has 27 heavy (non-hydrogen) atoms. The molecule has 2 rings (SSSR count). The van der Waals surface area contributed by atoms with Crippen molar-refractivity contribution in [3.8, 4) is 5.75 Å². The van der Waals surface area contributed by atoms with E-state index in [4.69, 9.17) is 21.7 Å². The van der Waals surface area contributed by atoms with Gasteiger partial charge < -0.3 is 20.1 Å². The first-order valence-corrected chi connectivity index (χ1v) is 9.15. The normalized spacial score (nSPS) is 10.2. The lowest BCUT2D eigenvalue weighted by atomic mass is 10.1. The maximum Gasteiger partial charge on any atom is 0.341 e. The summed E-state index contributed by atoms with van der Waals surface area (Å²) in [5, 5.41) is 17.7. The number of nitrogens with zero attached hydrogens (tertiary/aromatic N) is 1. The quantitative estimate of drug-likeness (QED) is 0.318. The van der Waals surface area contributed by atoms with Crippen LogP contribution < -0.4 is 15.4 Å². The number of benzene rings is 1. The Morgan fingerprint density at radius 2 is 2.04 bits per heavy atom. The lowest BCUT2D eigenvalue weighted by Crippen LogP contribution is -2.20. The smallest absolute Gasteiger partial charge is 0.341 e. The summed E-state index contributed by atoms with van der Waals surface area (Å²) in [7, 11) is 2.74. The molecule has 1 aromatic heterocycles. The lowest BCUT2D eigenvalue weighted by molar-refractivity contribution is -0.384. The summed E-state index contributed by atoms with van der Waals surface area (Å²) in [5.74, 6) is -0.0995. The van der Waals surface area contributed by atoms with Crippen molar-refractivity contribution in [2.75, 3.05) is 24.9 Å². The van der Waals surface area contributed by atoms with Crippen molar-refractivity contribution < 1.29 is 19.2 Å². The second-order valence-corrected chi connectivity index (χ2v) is 7.04. The van der Waals surface area contributed by atoms with Crippen molar-refractivity contribution in [2.24, 2.45) is 0 Å². The molecule has 0 aliphatic carbocycles. The summed E-state index contributed by atoms with van der Waals surface area (Å²) < 4.78 is 9.88. The summed E-state index contributed by atoms with van der Waals surface area (Å²) in [6, 6.07) is 4.39. The number of esters is 1. The first-order valence-electron chi connectivity index (χ1n) is 7.93. The van der Waals surface area contributed by atoms with E-state index >= 15 is 0 Å². The van der Waals surface area contributed by atoms with Crippen molar-refractivity contribution in [1.29, 1.82) is 0 Å². The number of thiophene rings is 1. The van der Waals surface area contributed by atoms with E-state index in [0.29, 0.717) is 22.7 Å². The van der Waals surface area contributed by atoms with Gasteiger partial charge in [0, 0.05) is 4.88 Å². The van der Waals surface area contributed by atoms with Gasteiger partial charge in [-0.15, -0.1) is 11.3 Å². The molecule has 0 bridgehead atoms. The Kier molecular flexibility index (Phi) is 6.70. The number of hydrogen-bond donors (Lipinski definition) is 2. The van der Waals surface area contributed by atoms with Gasteiger partial charge in [0.25, 0.3) is 5.69 Å². The predicted octanol–water partition coefficient (Wildman–Crippen LogP) is 4.13. The van der Waals surface area contributed by atoms with E-state index in [1.54, 1.807) is 6.07 Å². The molecule has 2 aromatic rings. The van der Waals surface area contributed by atoms with E-state index in [2.05, 4.69) is 10.6 Å². The minimum atomic E-state index is -0.530. The van der Waals surface area contributed by atoms with Gasteiger partial charge in [0.15, 0.2) is 5.11 Å². The van der Waals surface area contributed by atoms with Crippen LogP contribution in [0.3, 0.4) is 0 Å². The van der Waals surface area contributed by atoms with Crippen LogP contribution in [0.4, 0.5) is 16.4 Å². The number of hydrogen-bond acceptors (Lipinski definition) is 7. The number of carbonyl (C=O) groups is 1. The molecule has 0 aliphatic heterocycles. The molecule has 0 amide bonds. The first kappa shape index (κ1) is 20.6. The molecule has 0 atom stereocenters. The zero-order valence-electron chi connectivity index (χ0n) is 15.2. The van der Waals surface area contributed by atoms with Crippen LogP contribution in [-0.4, -0.2) is 30.2 Å². The maximum absolute atomic E-state index is 12.2. The zero-order chi connectivity index (χ0) is 20.1. The summed E-state index contributed by atoms with van der Waals surface area (Å²) in [6.07, 6.45) is 0.665. The van der Waals surface area contributed by atoms with Crippen molar-refractivity contribution in [2.45, 2.75) is 20.3 Å². The molecular formula is C17H19N3O5S2. The second kappa shape index (κ2) is 8.78. The monoisotopic (exact) mass is 409 g/mol. The molecule has 144 valence electrons. The van der Waals surface area contributed by atoms with Gasteiger partial charge in [-0.25, -0.2) is 4.79 Å². The van der Waals surface area contributed by atoms with E-state index < -0.39 is 10.9 Å². The van der Waals surface area contributed by atoms with Gasteiger partial charge in [-0.2, -0.15) is 0 Å². The lowest BCUT2D eigenvalue weighted by Gasteiger charge is -2.12. The number of nitrogens with one attached hydrogen (secondary N) is 2. The molecule has 0 saturated carbocycles. The molecule has 0 aliphatic rings. The van der Waals surface area contributed by atoms with Crippen LogP contribution in [0.15, 0.2) is 18.2 Å². The molecule has 1 aromatic carbocycles. The van der Waals surface area contributed by atoms with Gasteiger partial charge in [0.2, 0.25) is 0 Å². The van der Waals surface area contributed by atoms with Gasteiger partial charge in [0.1, 0.15) is 16.4 Å². The summed E-state index contributed by atoms with van der Waals surface area (Å²) >= 11 is 6.65. The van der Waals surface area contributed by atoms with E-state index in [-0.39, 0.29) is 16.5 Å². The maximum atomic E-state index is 12.2. The minimum absolute atomic E-state index is 0.123. The Hall–Kier alpha value is -2.72. The molecule has 0 radical (unpaired) electrons. The number of carbonyl (C=O) groups excluding carboxylic acids is 1. The molecule has 1 heterocycles. The minimum Gasteiger partial charge on any atom is -0.496 e. The Morgan fingerprint density at radius 3 is 2.59 bits per heavy atom. The SMILES string of the molecule is CCc1c(C)sc(NC(=S)Nc2ccc(OC)cc2[N+](=O)[O-])c1C(=O)OC. The fourth-order valence-electron chi connectivity index (χ4n) is 2.56. The number of nitro groups is 1. The third-order valence-electron chi connectivity index (χ3n) is 3.83. The highest BCUT2D eigenvalue weighted by Gasteiger charge is 2.23. The Labute approximate surface area is 165 Å². The van der Waals surface area contributed by atoms with E-state index in [1.807, 2.05) is 13.8 Å². The molecule has 2 N–H and O–H groups in total. The third-order valence-corrected chi connectivity index (χ3v) is 5.10. The van der Waals surface area contributed by atoms with Crippen LogP contribution in [0.25, 0.3) is 0 Å². The Bertz CT molecular complexity index is 895. The fraction of sp³-hybridized carbons (Fsp3) is 0.294. The van der Waals surface area contributed by atoms with Crippen LogP contribution in [0.5, 0.6) is 5.75 Å². The largest absolute Gasteiger partial charge is 0.496 e. The van der Waals surface area contributed by atoms with Crippen molar-refractivity contribution in [3.05, 3.63) is 44.3 Å².